The van der Waals surface area contributed by atoms with Crippen LogP contribution in [0.5, 0.6) is 11.5 Å². The molecule has 4 aromatic rings. The highest BCUT2D eigenvalue weighted by molar-refractivity contribution is 5.88. The summed E-state index contributed by atoms with van der Waals surface area (Å²) in [5.74, 6) is 2.78. The summed E-state index contributed by atoms with van der Waals surface area (Å²) in [6.45, 7) is 13.9. The fraction of sp³-hybridized carbons (Fsp3) is 0.500. The van der Waals surface area contributed by atoms with Gasteiger partial charge < -0.3 is 34.8 Å². The number of amides is 1. The molecule has 2 aromatic heterocycles. The topological polar surface area (TPSA) is 182 Å². The van der Waals surface area contributed by atoms with Gasteiger partial charge in [-0.2, -0.15) is 5.10 Å². The zero-order chi connectivity index (χ0) is 44.0. The first-order valence-corrected chi connectivity index (χ1v) is 21.0. The van der Waals surface area contributed by atoms with Crippen LogP contribution in [0.15, 0.2) is 66.9 Å². The maximum atomic E-state index is 11.6. The number of carbonyl (C=O) groups is 2. The van der Waals surface area contributed by atoms with Crippen LogP contribution in [0, 0.1) is 10.8 Å². The van der Waals surface area contributed by atoms with Gasteiger partial charge in [-0.25, -0.2) is 4.68 Å². The van der Waals surface area contributed by atoms with Gasteiger partial charge in [0, 0.05) is 49.2 Å². The van der Waals surface area contributed by atoms with Crippen LogP contribution >= 0.6 is 0 Å². The number of carboxylic acid groups (broad SMARTS) is 1. The van der Waals surface area contributed by atoms with Gasteiger partial charge in [0.1, 0.15) is 35.5 Å². The SMILES string of the molecule is CC(=O)Nc1cc(C(C)(C)C)nn1-c1ccc(CO)c(OCCN(C)C)c1.CCC[C@H]1CC[C@@H](Oc2ccc(=N)n(C(=N)N3CCCCC3C)c2)c2ccccc21.O=CO. The highest BCUT2D eigenvalue weighted by atomic mass is 16.5. The molecular formula is C46H66N8O6. The number of anilines is 1. The highest BCUT2D eigenvalue weighted by Crippen LogP contribution is 2.41. The molecule has 2 aromatic carbocycles. The predicted octanol–water partition coefficient (Wildman–Crippen LogP) is 7.68. The maximum absolute atomic E-state index is 11.6. The molecule has 0 spiro atoms. The van der Waals surface area contributed by atoms with Crippen molar-refractivity contribution in [2.24, 2.45) is 0 Å². The lowest BCUT2D eigenvalue weighted by atomic mass is 9.79. The van der Waals surface area contributed by atoms with Crippen molar-refractivity contribution in [3.8, 4) is 17.2 Å². The number of nitrogens with zero attached hydrogens (tertiary/aromatic N) is 5. The molecule has 326 valence electrons. The van der Waals surface area contributed by atoms with Gasteiger partial charge in [0.05, 0.1) is 24.2 Å². The summed E-state index contributed by atoms with van der Waals surface area (Å²) in [5, 5.41) is 41.1. The van der Waals surface area contributed by atoms with Crippen LogP contribution in [0.1, 0.15) is 121 Å². The largest absolute Gasteiger partial charge is 0.492 e. The Balaban J connectivity index is 0.000000250. The van der Waals surface area contributed by atoms with E-state index in [1.807, 2.05) is 55.5 Å². The molecule has 1 unspecified atom stereocenters. The maximum Gasteiger partial charge on any atom is 0.290 e. The normalized spacial score (nSPS) is 17.3. The second-order valence-electron chi connectivity index (χ2n) is 16.7. The molecule has 60 heavy (non-hydrogen) atoms. The number of aliphatic hydroxyl groups is 1. The monoisotopic (exact) mass is 827 g/mol. The molecule has 1 amide bonds. The second-order valence-corrected chi connectivity index (χ2v) is 16.7. The number of hydrogen-bond donors (Lipinski definition) is 5. The lowest BCUT2D eigenvalue weighted by Crippen LogP contribution is -2.47. The molecule has 3 atom stereocenters. The number of likely N-dealkylation sites (tertiary alicyclic amines) is 1. The van der Waals surface area contributed by atoms with Crippen LogP contribution < -0.4 is 20.3 Å². The number of carbonyl (C=O) groups excluding carboxylic acids is 1. The van der Waals surface area contributed by atoms with Crippen molar-refractivity contribution in [3.05, 3.63) is 94.7 Å². The van der Waals surface area contributed by atoms with E-state index in [1.165, 1.54) is 37.3 Å². The molecule has 6 rings (SSSR count). The Morgan fingerprint density at radius 1 is 1.05 bits per heavy atom. The molecule has 1 aliphatic carbocycles. The fourth-order valence-corrected chi connectivity index (χ4v) is 7.54. The molecule has 0 radical (unpaired) electrons. The quantitative estimate of drug-likeness (QED) is 0.0576. The Hall–Kier alpha value is -5.47. The molecule has 2 aliphatic rings. The number of pyridine rings is 1. The molecule has 1 aliphatic heterocycles. The summed E-state index contributed by atoms with van der Waals surface area (Å²) in [4.78, 5) is 24.1. The van der Waals surface area contributed by atoms with E-state index >= 15 is 0 Å². The summed E-state index contributed by atoms with van der Waals surface area (Å²) < 4.78 is 15.7. The number of ether oxygens (including phenoxy) is 2. The number of nitrogens with one attached hydrogen (secondary N) is 3. The molecule has 1 saturated heterocycles. The van der Waals surface area contributed by atoms with Crippen LogP contribution in [-0.4, -0.2) is 92.5 Å². The van der Waals surface area contributed by atoms with Gasteiger partial charge in [-0.05, 0) is 94.8 Å². The third-order valence-electron chi connectivity index (χ3n) is 10.7. The Labute approximate surface area is 355 Å². The van der Waals surface area contributed by atoms with Crippen molar-refractivity contribution >= 4 is 24.2 Å². The molecule has 14 nitrogen and oxygen atoms in total. The minimum atomic E-state index is -0.250. The van der Waals surface area contributed by atoms with Gasteiger partial charge in [0.15, 0.2) is 0 Å². The fourth-order valence-electron chi connectivity index (χ4n) is 7.54. The smallest absolute Gasteiger partial charge is 0.290 e. The Kier molecular flexibility index (Phi) is 17.5. The first-order chi connectivity index (χ1) is 28.6. The summed E-state index contributed by atoms with van der Waals surface area (Å²) in [6, 6.07) is 20.0. The minimum absolute atomic E-state index is 0.0300. The minimum Gasteiger partial charge on any atom is -0.492 e. The van der Waals surface area contributed by atoms with Crippen LogP contribution in [-0.2, 0) is 21.6 Å². The van der Waals surface area contributed by atoms with Gasteiger partial charge in [-0.3, -0.25) is 25.0 Å². The molecule has 0 saturated carbocycles. The van der Waals surface area contributed by atoms with Crippen molar-refractivity contribution in [3.63, 3.8) is 0 Å². The number of aliphatic hydroxyl groups excluding tert-OH is 1. The van der Waals surface area contributed by atoms with E-state index in [9.17, 15) is 9.90 Å². The Bertz CT molecular complexity index is 2090. The summed E-state index contributed by atoms with van der Waals surface area (Å²) in [5.41, 5.74) is 5.21. The molecule has 5 N–H and O–H groups in total. The van der Waals surface area contributed by atoms with Crippen LogP contribution in [0.3, 0.4) is 0 Å². The van der Waals surface area contributed by atoms with E-state index in [0.717, 1.165) is 55.9 Å². The van der Waals surface area contributed by atoms with Gasteiger partial charge >= 0.3 is 0 Å². The number of piperidine rings is 1. The van der Waals surface area contributed by atoms with Crippen LogP contribution in [0.25, 0.3) is 5.69 Å². The van der Waals surface area contributed by atoms with Crippen molar-refractivity contribution in [2.45, 2.75) is 117 Å². The zero-order valence-corrected chi connectivity index (χ0v) is 36.7. The second kappa shape index (κ2) is 22.2. The predicted molar refractivity (Wildman–Crippen MR) is 235 cm³/mol. The third kappa shape index (κ3) is 12.8. The number of fused-ring (bicyclic) bond motifs is 1. The lowest BCUT2D eigenvalue weighted by Gasteiger charge is -2.36. The van der Waals surface area contributed by atoms with Gasteiger partial charge in [0.2, 0.25) is 11.9 Å². The molecule has 14 heteroatoms. The third-order valence-corrected chi connectivity index (χ3v) is 10.7. The van der Waals surface area contributed by atoms with E-state index in [1.54, 1.807) is 15.3 Å². The van der Waals surface area contributed by atoms with Crippen LogP contribution in [0.4, 0.5) is 5.82 Å². The summed E-state index contributed by atoms with van der Waals surface area (Å²) >= 11 is 0. The average molecular weight is 827 g/mol. The first kappa shape index (κ1) is 47.2. The van der Waals surface area contributed by atoms with Crippen molar-refractivity contribution in [1.82, 2.24) is 24.1 Å². The van der Waals surface area contributed by atoms with E-state index in [-0.39, 0.29) is 30.5 Å². The van der Waals surface area contributed by atoms with E-state index in [2.05, 4.69) is 74.2 Å². The lowest BCUT2D eigenvalue weighted by molar-refractivity contribution is -0.123. The number of benzene rings is 2. The Morgan fingerprint density at radius 3 is 2.40 bits per heavy atom. The van der Waals surface area contributed by atoms with Crippen molar-refractivity contribution < 1.29 is 29.3 Å². The van der Waals surface area contributed by atoms with Gasteiger partial charge in [0.25, 0.3) is 6.47 Å². The number of likely N-dealkylation sites (N-methyl/N-ethyl adjacent to an activating group) is 1. The van der Waals surface area contributed by atoms with E-state index < -0.39 is 0 Å². The number of hydrogen-bond acceptors (Lipinski definition) is 9. The molecule has 0 bridgehead atoms. The van der Waals surface area contributed by atoms with Crippen molar-refractivity contribution in [2.75, 3.05) is 39.1 Å². The number of rotatable bonds is 11. The highest BCUT2D eigenvalue weighted by Gasteiger charge is 2.28. The Morgan fingerprint density at radius 2 is 1.77 bits per heavy atom. The molecule has 3 heterocycles. The zero-order valence-electron chi connectivity index (χ0n) is 36.7. The van der Waals surface area contributed by atoms with E-state index in [4.69, 9.17) is 30.2 Å². The van der Waals surface area contributed by atoms with Crippen molar-refractivity contribution in [1.29, 1.82) is 10.8 Å². The van der Waals surface area contributed by atoms with Gasteiger partial charge in [-0.1, -0.05) is 64.4 Å². The van der Waals surface area contributed by atoms with Gasteiger partial charge in [-0.15, -0.1) is 0 Å². The summed E-state index contributed by atoms with van der Waals surface area (Å²) in [7, 11) is 3.95. The molecule has 1 fully saturated rings. The summed E-state index contributed by atoms with van der Waals surface area (Å²) in [6.07, 6.45) is 9.85. The van der Waals surface area contributed by atoms with E-state index in [0.29, 0.717) is 47.1 Å². The van der Waals surface area contributed by atoms with Crippen LogP contribution in [0.2, 0.25) is 0 Å². The standard InChI is InChI=1S/C25H34N4O.C20H30N4O3.CH2O2/c1-3-8-19-12-14-23(22-11-5-4-10-21(19)22)30-20-13-15-24(26)29(17-20)25(27)28-16-7-6-9-18(28)2;1-14(26)21-19-12-18(20(2,3)4)22-24(19)16-8-7-15(13-25)17(11-16)27-10-9-23(5)6;2-1-3/h4-5,10-11,13,15,17-19,23,26-27H,3,6-9,12,14,16H2,1-2H3;7-8,11-12,25H,9-10,13H2,1-6H3,(H,21,26);1H,(H,2,3)/t18?,19-,23+;;/m0../s1. The molecular weight excluding hydrogens is 761 g/mol. The number of aromatic nitrogens is 3. The average Bonchev–Trinajstić information content (AvgIpc) is 3.64. The first-order valence-electron chi connectivity index (χ1n) is 21.0.